The van der Waals surface area contributed by atoms with Crippen molar-refractivity contribution in [3.05, 3.63) is 114 Å². The van der Waals surface area contributed by atoms with Gasteiger partial charge in [-0.2, -0.15) is 35.0 Å². The summed E-state index contributed by atoms with van der Waals surface area (Å²) in [7, 11) is 4.95. The van der Waals surface area contributed by atoms with Gasteiger partial charge in [0.15, 0.2) is 0 Å². The Kier molecular flexibility index (Phi) is 9.31. The average molecular weight is 639 g/mol. The summed E-state index contributed by atoms with van der Waals surface area (Å²) in [6, 6.07) is 24.0. The largest absolute Gasteiger partial charge is 2.00 e. The van der Waals surface area contributed by atoms with Crippen molar-refractivity contribution >= 4 is 31.7 Å². The van der Waals surface area contributed by atoms with E-state index in [2.05, 4.69) is 96.9 Å². The summed E-state index contributed by atoms with van der Waals surface area (Å²) < 4.78 is 0. The van der Waals surface area contributed by atoms with E-state index in [1.807, 2.05) is 42.7 Å². The molecule has 4 bridgehead atoms. The molecule has 0 radical (unpaired) electrons. The summed E-state index contributed by atoms with van der Waals surface area (Å²) in [4.78, 5) is 9.16. The monoisotopic (exact) mass is 638 g/mol. The summed E-state index contributed by atoms with van der Waals surface area (Å²) in [6.45, 7) is 7.50. The fourth-order valence-electron chi connectivity index (χ4n) is 8.65. The van der Waals surface area contributed by atoms with Crippen LogP contribution in [0.2, 0.25) is 19.6 Å². The Labute approximate surface area is 263 Å². The quantitative estimate of drug-likeness (QED) is 0.122. The molecule has 0 spiro atoms. The normalized spacial score (nSPS) is 26.7. The summed E-state index contributed by atoms with van der Waals surface area (Å²) >= 11 is 0. The number of aromatic nitrogens is 2. The van der Waals surface area contributed by atoms with Crippen LogP contribution in [0.1, 0.15) is 54.4 Å². The predicted molar refractivity (Wildman–Crippen MR) is 178 cm³/mol. The minimum Gasteiger partial charge on any atom is -0.264 e. The van der Waals surface area contributed by atoms with Crippen LogP contribution in [0.4, 0.5) is 0 Å². The Morgan fingerprint density at radius 1 is 0.927 bits per heavy atom. The molecular weight excluding hydrogens is 594 g/mol. The Bertz CT molecular complexity index is 1330. The SMILES string of the molecule is C[Si](C)(C)c1cc(C23CC4CC(CC(C4)C2CP)C3)c(C(P)(c2cccnc2)c2cccnc2)[cH-]1.[Fe+2].c1cc[cH-]c1. The topological polar surface area (TPSA) is 25.8 Å². The maximum atomic E-state index is 4.58. The van der Waals surface area contributed by atoms with Gasteiger partial charge < -0.3 is 0 Å². The van der Waals surface area contributed by atoms with Gasteiger partial charge in [0.1, 0.15) is 0 Å². The van der Waals surface area contributed by atoms with Crippen LogP contribution in [0, 0.1) is 23.7 Å². The molecule has 2 nitrogen and oxygen atoms in total. The molecule has 4 aliphatic carbocycles. The van der Waals surface area contributed by atoms with E-state index in [4.69, 9.17) is 0 Å². The van der Waals surface area contributed by atoms with Crippen LogP contribution < -0.4 is 5.19 Å². The van der Waals surface area contributed by atoms with Crippen LogP contribution in [-0.4, -0.2) is 24.2 Å². The van der Waals surface area contributed by atoms with Crippen molar-refractivity contribution in [3.63, 3.8) is 0 Å². The average Bonchev–Trinajstić information content (AvgIpc) is 3.68. The fraction of sp³-hybridized carbons (Fsp3) is 0.429. The molecule has 8 rings (SSSR count). The van der Waals surface area contributed by atoms with Crippen molar-refractivity contribution in [2.24, 2.45) is 23.7 Å². The Morgan fingerprint density at radius 2 is 1.51 bits per heavy atom. The molecule has 0 N–H and O–H groups in total. The third-order valence-electron chi connectivity index (χ3n) is 10.3. The molecule has 0 amide bonds. The van der Waals surface area contributed by atoms with Gasteiger partial charge in [-0.25, -0.2) is 18.2 Å². The molecule has 2 aromatic heterocycles. The van der Waals surface area contributed by atoms with Gasteiger partial charge in [0.05, 0.1) is 8.07 Å². The van der Waals surface area contributed by atoms with E-state index in [1.165, 1.54) is 55.0 Å². The Balaban J connectivity index is 0.000000510. The second-order valence-electron chi connectivity index (χ2n) is 13.7. The van der Waals surface area contributed by atoms with Gasteiger partial charge in [0.25, 0.3) is 0 Å². The predicted octanol–water partition coefficient (Wildman–Crippen LogP) is 7.88. The molecule has 2 heterocycles. The number of nitrogens with zero attached hydrogens (tertiary/aromatic N) is 2. The maximum absolute atomic E-state index is 4.58. The summed E-state index contributed by atoms with van der Waals surface area (Å²) in [5, 5.41) is 1.24. The summed E-state index contributed by atoms with van der Waals surface area (Å²) in [5.41, 5.74) is 5.92. The second kappa shape index (κ2) is 12.3. The fourth-order valence-corrected chi connectivity index (χ4v) is 11.2. The van der Waals surface area contributed by atoms with Gasteiger partial charge in [-0.05, 0) is 72.4 Å². The smallest absolute Gasteiger partial charge is 0.264 e. The maximum Gasteiger partial charge on any atom is 2.00 e. The minimum atomic E-state index is -1.52. The molecule has 4 aromatic rings. The molecule has 2 aromatic carbocycles. The number of hydrogen-bond acceptors (Lipinski definition) is 2. The van der Waals surface area contributed by atoms with Crippen LogP contribution in [0.15, 0.2) is 91.5 Å². The zero-order chi connectivity index (χ0) is 28.0. The van der Waals surface area contributed by atoms with Crippen LogP contribution >= 0.6 is 18.5 Å². The molecule has 5 unspecified atom stereocenters. The molecule has 0 saturated heterocycles. The summed E-state index contributed by atoms with van der Waals surface area (Å²) in [5.74, 6) is 3.49. The van der Waals surface area contributed by atoms with Crippen LogP contribution in [0.25, 0.3) is 0 Å². The first-order valence-corrected chi connectivity index (χ1v) is 19.9. The first-order chi connectivity index (χ1) is 19.3. The molecule has 6 heteroatoms. The van der Waals surface area contributed by atoms with Gasteiger partial charge >= 0.3 is 17.1 Å². The Morgan fingerprint density at radius 3 is 1.95 bits per heavy atom. The van der Waals surface area contributed by atoms with Gasteiger partial charge in [-0.3, -0.25) is 9.97 Å². The first kappa shape index (κ1) is 31.0. The van der Waals surface area contributed by atoms with Gasteiger partial charge in [0, 0.05) is 29.9 Å². The second-order valence-corrected chi connectivity index (χ2v) is 20.1. The van der Waals surface area contributed by atoms with E-state index in [0.29, 0.717) is 5.41 Å². The standard InChI is InChI=1S/C30H39N2P2Si.C5H5.Fe/c1-35(2,3)25-13-26(29-15-20-10-21(16-29)12-22(11-20)28(29)19-33)27(14-25)30(34,23-6-4-8-31-17-23)24-7-5-9-32-18-24;1-2-4-5-3-1;/h4-9,13-14,17-18,20-22,28H,10-12,15-16,19,33-34H2,1-3H3;1-5H;/q2*-1;+2. The van der Waals surface area contributed by atoms with E-state index in [1.54, 1.807) is 10.8 Å². The molecule has 0 aliphatic heterocycles. The van der Waals surface area contributed by atoms with Crippen molar-refractivity contribution in [1.82, 2.24) is 9.97 Å². The van der Waals surface area contributed by atoms with Crippen molar-refractivity contribution < 1.29 is 17.1 Å². The van der Waals surface area contributed by atoms with E-state index in [0.717, 1.165) is 23.7 Å². The number of hydrogen-bond donors (Lipinski definition) is 0. The van der Waals surface area contributed by atoms with Gasteiger partial charge in [-0.1, -0.05) is 50.0 Å². The molecular formula is C35H44FeN2P2Si. The molecule has 4 saturated carbocycles. The molecule has 5 atom stereocenters. The van der Waals surface area contributed by atoms with Crippen molar-refractivity contribution in [3.8, 4) is 0 Å². The minimum absolute atomic E-state index is 0. The van der Waals surface area contributed by atoms with Gasteiger partial charge in [-0.15, -0.1) is 24.0 Å². The third-order valence-corrected chi connectivity index (χ3v) is 13.8. The molecule has 41 heavy (non-hydrogen) atoms. The van der Waals surface area contributed by atoms with Crippen LogP contribution in [0.3, 0.4) is 0 Å². The summed E-state index contributed by atoms with van der Waals surface area (Å²) in [6.07, 6.45) is 16.3. The zero-order valence-corrected chi connectivity index (χ0v) is 29.0. The van der Waals surface area contributed by atoms with Crippen molar-refractivity contribution in [2.45, 2.75) is 62.3 Å². The van der Waals surface area contributed by atoms with Crippen molar-refractivity contribution in [2.75, 3.05) is 6.16 Å². The number of pyridine rings is 2. The molecule has 4 fully saturated rings. The van der Waals surface area contributed by atoms with Crippen LogP contribution in [-0.2, 0) is 27.6 Å². The first-order valence-electron chi connectivity index (χ1n) is 15.0. The Hall–Kier alpha value is -1.40. The van der Waals surface area contributed by atoms with E-state index < -0.39 is 8.07 Å². The van der Waals surface area contributed by atoms with Crippen molar-refractivity contribution in [1.29, 1.82) is 0 Å². The van der Waals surface area contributed by atoms with E-state index >= 15 is 0 Å². The molecule has 4 aliphatic rings. The van der Waals surface area contributed by atoms with E-state index in [-0.39, 0.29) is 22.2 Å². The molecule has 216 valence electrons. The van der Waals surface area contributed by atoms with Crippen LogP contribution in [0.5, 0.6) is 0 Å². The zero-order valence-electron chi connectivity index (χ0n) is 24.6. The van der Waals surface area contributed by atoms with E-state index in [9.17, 15) is 0 Å². The number of rotatable bonds is 6. The third kappa shape index (κ3) is 5.66. The van der Waals surface area contributed by atoms with Gasteiger partial charge in [0.2, 0.25) is 0 Å².